The van der Waals surface area contributed by atoms with Crippen LogP contribution in [-0.2, 0) is 13.5 Å². The maximum Gasteiger partial charge on any atom is 0.130 e. The van der Waals surface area contributed by atoms with Crippen LogP contribution in [0.1, 0.15) is 22.9 Å². The highest BCUT2D eigenvalue weighted by atomic mass is 35.5. The van der Waals surface area contributed by atoms with Crippen molar-refractivity contribution in [2.45, 2.75) is 19.4 Å². The van der Waals surface area contributed by atoms with Crippen molar-refractivity contribution in [3.63, 3.8) is 0 Å². The molecule has 0 saturated heterocycles. The molecule has 0 amide bonds. The SMILES string of the molecule is CNC(Cc1c(C)nn(C)c1Cl)c1ccsc1. The molecule has 0 bridgehead atoms. The first-order valence-electron chi connectivity index (χ1n) is 5.50. The van der Waals surface area contributed by atoms with Gasteiger partial charge in [0.05, 0.1) is 5.69 Å². The summed E-state index contributed by atoms with van der Waals surface area (Å²) in [5.74, 6) is 0. The average Bonchev–Trinajstić information content (AvgIpc) is 2.89. The van der Waals surface area contributed by atoms with Crippen molar-refractivity contribution in [1.29, 1.82) is 0 Å². The van der Waals surface area contributed by atoms with E-state index >= 15 is 0 Å². The Kier molecular flexibility index (Phi) is 3.86. The van der Waals surface area contributed by atoms with Crippen LogP contribution in [0.5, 0.6) is 0 Å². The van der Waals surface area contributed by atoms with Gasteiger partial charge < -0.3 is 5.32 Å². The van der Waals surface area contributed by atoms with Gasteiger partial charge in [-0.1, -0.05) is 11.6 Å². The van der Waals surface area contributed by atoms with Gasteiger partial charge in [-0.15, -0.1) is 0 Å². The van der Waals surface area contributed by atoms with Crippen LogP contribution in [0.3, 0.4) is 0 Å². The number of nitrogens with one attached hydrogen (secondary N) is 1. The summed E-state index contributed by atoms with van der Waals surface area (Å²) >= 11 is 7.97. The van der Waals surface area contributed by atoms with Crippen LogP contribution in [-0.4, -0.2) is 16.8 Å². The number of aromatic nitrogens is 2. The quantitative estimate of drug-likeness (QED) is 0.925. The van der Waals surface area contributed by atoms with Crippen LogP contribution >= 0.6 is 22.9 Å². The maximum absolute atomic E-state index is 6.25. The largest absolute Gasteiger partial charge is 0.313 e. The molecule has 2 aromatic rings. The summed E-state index contributed by atoms with van der Waals surface area (Å²) in [5, 5.41) is 12.7. The van der Waals surface area contributed by atoms with Crippen LogP contribution in [0.4, 0.5) is 0 Å². The van der Waals surface area contributed by atoms with Gasteiger partial charge in [-0.3, -0.25) is 4.68 Å². The van der Waals surface area contributed by atoms with E-state index in [4.69, 9.17) is 11.6 Å². The molecule has 1 atom stereocenters. The zero-order valence-electron chi connectivity index (χ0n) is 10.2. The predicted molar refractivity (Wildman–Crippen MR) is 72.8 cm³/mol. The molecule has 2 heterocycles. The predicted octanol–water partition coefficient (Wildman–Crippen LogP) is 2.95. The molecule has 0 aliphatic heterocycles. The third-order valence-corrected chi connectivity index (χ3v) is 4.15. The van der Waals surface area contributed by atoms with Crippen molar-refractivity contribution < 1.29 is 0 Å². The molecule has 0 saturated carbocycles. The fraction of sp³-hybridized carbons (Fsp3) is 0.417. The second kappa shape index (κ2) is 5.21. The van der Waals surface area contributed by atoms with Crippen LogP contribution in [0.15, 0.2) is 16.8 Å². The van der Waals surface area contributed by atoms with Gasteiger partial charge in [0.2, 0.25) is 0 Å². The summed E-state index contributed by atoms with van der Waals surface area (Å²) in [6.07, 6.45) is 0.867. The number of thiophene rings is 1. The molecule has 0 aliphatic rings. The molecule has 5 heteroatoms. The standard InChI is InChI=1S/C12H16ClN3S/c1-8-10(12(13)16(3)15-8)6-11(14-2)9-4-5-17-7-9/h4-5,7,11,14H,6H2,1-3H3. The highest BCUT2D eigenvalue weighted by molar-refractivity contribution is 7.07. The van der Waals surface area contributed by atoms with E-state index in [1.807, 2.05) is 21.0 Å². The molecule has 2 rings (SSSR count). The molecule has 2 aromatic heterocycles. The molecular weight excluding hydrogens is 254 g/mol. The highest BCUT2D eigenvalue weighted by Gasteiger charge is 2.17. The molecule has 0 spiro atoms. The van der Waals surface area contributed by atoms with Crippen molar-refractivity contribution in [2.75, 3.05) is 7.05 Å². The Morgan fingerprint density at radius 2 is 2.35 bits per heavy atom. The smallest absolute Gasteiger partial charge is 0.130 e. The van der Waals surface area contributed by atoms with Gasteiger partial charge in [0.25, 0.3) is 0 Å². The Labute approximate surface area is 110 Å². The molecular formula is C12H16ClN3S. The van der Waals surface area contributed by atoms with Gasteiger partial charge in [-0.2, -0.15) is 16.4 Å². The fourth-order valence-corrected chi connectivity index (χ4v) is 2.94. The average molecular weight is 270 g/mol. The van der Waals surface area contributed by atoms with Crippen LogP contribution in [0, 0.1) is 6.92 Å². The van der Waals surface area contributed by atoms with Crippen molar-refractivity contribution in [3.05, 3.63) is 38.8 Å². The number of likely N-dealkylation sites (N-methyl/N-ethyl adjacent to an activating group) is 1. The molecule has 17 heavy (non-hydrogen) atoms. The lowest BCUT2D eigenvalue weighted by Gasteiger charge is -2.14. The van der Waals surface area contributed by atoms with Gasteiger partial charge >= 0.3 is 0 Å². The highest BCUT2D eigenvalue weighted by Crippen LogP contribution is 2.26. The molecule has 1 unspecified atom stereocenters. The number of halogens is 1. The summed E-state index contributed by atoms with van der Waals surface area (Å²) in [5.41, 5.74) is 3.43. The third-order valence-electron chi connectivity index (χ3n) is 2.97. The Bertz CT molecular complexity index is 490. The third kappa shape index (κ3) is 2.54. The molecule has 0 radical (unpaired) electrons. The Balaban J connectivity index is 2.24. The van der Waals surface area contributed by atoms with Crippen molar-refractivity contribution in [2.24, 2.45) is 7.05 Å². The lowest BCUT2D eigenvalue weighted by Crippen LogP contribution is -2.18. The Morgan fingerprint density at radius 3 is 2.82 bits per heavy atom. The van der Waals surface area contributed by atoms with Gasteiger partial charge in [0.1, 0.15) is 5.15 Å². The summed E-state index contributed by atoms with van der Waals surface area (Å²) in [4.78, 5) is 0. The molecule has 92 valence electrons. The minimum atomic E-state index is 0.293. The molecule has 0 aromatic carbocycles. The van der Waals surface area contributed by atoms with E-state index in [9.17, 15) is 0 Å². The first-order chi connectivity index (χ1) is 8.13. The number of nitrogens with zero attached hydrogens (tertiary/aromatic N) is 2. The van der Waals surface area contributed by atoms with E-state index in [0.29, 0.717) is 6.04 Å². The Hall–Kier alpha value is -0.840. The zero-order valence-corrected chi connectivity index (χ0v) is 11.8. The molecule has 0 aliphatic carbocycles. The minimum absolute atomic E-state index is 0.293. The maximum atomic E-state index is 6.25. The van der Waals surface area contributed by atoms with Gasteiger partial charge in [0, 0.05) is 18.7 Å². The zero-order chi connectivity index (χ0) is 12.4. The first-order valence-corrected chi connectivity index (χ1v) is 6.83. The van der Waals surface area contributed by atoms with Crippen molar-refractivity contribution in [1.82, 2.24) is 15.1 Å². The number of hydrogen-bond acceptors (Lipinski definition) is 3. The lowest BCUT2D eigenvalue weighted by molar-refractivity contribution is 0.592. The lowest BCUT2D eigenvalue weighted by atomic mass is 10.0. The second-order valence-electron chi connectivity index (χ2n) is 4.08. The van der Waals surface area contributed by atoms with Crippen LogP contribution in [0.2, 0.25) is 5.15 Å². The van der Waals surface area contributed by atoms with Crippen LogP contribution in [0.25, 0.3) is 0 Å². The van der Waals surface area contributed by atoms with Gasteiger partial charge in [0.15, 0.2) is 0 Å². The van der Waals surface area contributed by atoms with E-state index in [2.05, 4.69) is 27.2 Å². The summed E-state index contributed by atoms with van der Waals surface area (Å²) in [6.45, 7) is 2.00. The van der Waals surface area contributed by atoms with E-state index in [1.165, 1.54) is 5.56 Å². The second-order valence-corrected chi connectivity index (χ2v) is 5.22. The molecule has 1 N–H and O–H groups in total. The number of hydrogen-bond donors (Lipinski definition) is 1. The normalized spacial score (nSPS) is 12.9. The Morgan fingerprint density at radius 1 is 1.59 bits per heavy atom. The summed E-state index contributed by atoms with van der Waals surface area (Å²) in [6, 6.07) is 2.44. The molecule has 0 fully saturated rings. The molecule has 3 nitrogen and oxygen atoms in total. The number of rotatable bonds is 4. The monoisotopic (exact) mass is 269 g/mol. The topological polar surface area (TPSA) is 29.9 Å². The summed E-state index contributed by atoms with van der Waals surface area (Å²) < 4.78 is 1.73. The van der Waals surface area contributed by atoms with E-state index in [-0.39, 0.29) is 0 Å². The minimum Gasteiger partial charge on any atom is -0.313 e. The van der Waals surface area contributed by atoms with Gasteiger partial charge in [-0.05, 0) is 42.8 Å². The van der Waals surface area contributed by atoms with E-state index in [1.54, 1.807) is 16.0 Å². The van der Waals surface area contributed by atoms with Gasteiger partial charge in [-0.25, -0.2) is 0 Å². The van der Waals surface area contributed by atoms with E-state index in [0.717, 1.165) is 22.8 Å². The van der Waals surface area contributed by atoms with Crippen molar-refractivity contribution in [3.8, 4) is 0 Å². The van der Waals surface area contributed by atoms with Crippen molar-refractivity contribution >= 4 is 22.9 Å². The first kappa shape index (κ1) is 12.6. The number of aryl methyl sites for hydroxylation is 2. The summed E-state index contributed by atoms with van der Waals surface area (Å²) in [7, 11) is 3.85. The van der Waals surface area contributed by atoms with Crippen LogP contribution < -0.4 is 5.32 Å². The fourth-order valence-electron chi connectivity index (χ4n) is 1.97. The van der Waals surface area contributed by atoms with E-state index < -0.39 is 0 Å².